The van der Waals surface area contributed by atoms with Crippen LogP contribution in [0.25, 0.3) is 11.3 Å². The first-order valence-electron chi connectivity index (χ1n) is 13.1. The number of hydrogen-bond donors (Lipinski definition) is 1. The molecule has 1 aromatic carbocycles. The molecule has 2 fully saturated rings. The van der Waals surface area contributed by atoms with Crippen molar-refractivity contribution in [3.8, 4) is 17.3 Å². The summed E-state index contributed by atoms with van der Waals surface area (Å²) in [5.41, 5.74) is 7.21. The quantitative estimate of drug-likeness (QED) is 0.452. The largest absolute Gasteiger partial charge is 0.444 e. The summed E-state index contributed by atoms with van der Waals surface area (Å²) >= 11 is 0. The number of benzene rings is 1. The average molecular weight is 556 g/mol. The third-order valence-corrected chi connectivity index (χ3v) is 7.55. The molecule has 9 nitrogen and oxygen atoms in total. The van der Waals surface area contributed by atoms with E-state index in [1.165, 1.54) is 10.9 Å². The molecule has 1 spiro atoms. The number of halogens is 3. The number of amides is 1. The highest BCUT2D eigenvalue weighted by Gasteiger charge is 2.51. The first-order chi connectivity index (χ1) is 18.7. The number of hydrogen-bond acceptors (Lipinski definition) is 6. The second-order valence-electron chi connectivity index (χ2n) is 12.0. The second kappa shape index (κ2) is 9.57. The number of ether oxygens (including phenoxy) is 1. The van der Waals surface area contributed by atoms with Gasteiger partial charge in [0.1, 0.15) is 28.7 Å². The lowest BCUT2D eigenvalue weighted by molar-refractivity contribution is -0.137. The van der Waals surface area contributed by atoms with E-state index in [-0.39, 0.29) is 35.5 Å². The van der Waals surface area contributed by atoms with Crippen LogP contribution >= 0.6 is 0 Å². The predicted octanol–water partition coefficient (Wildman–Crippen LogP) is 5.54. The molecule has 3 aromatic rings. The predicted molar refractivity (Wildman–Crippen MR) is 141 cm³/mol. The van der Waals surface area contributed by atoms with Gasteiger partial charge in [-0.1, -0.05) is 11.6 Å². The zero-order chi connectivity index (χ0) is 29.0. The van der Waals surface area contributed by atoms with Gasteiger partial charge in [0.05, 0.1) is 24.3 Å². The Labute approximate surface area is 230 Å². The highest BCUT2D eigenvalue weighted by molar-refractivity contribution is 5.72. The summed E-state index contributed by atoms with van der Waals surface area (Å²) in [6, 6.07) is 6.03. The van der Waals surface area contributed by atoms with E-state index in [9.17, 15) is 23.2 Å². The molecular weight excluding hydrogens is 523 g/mol. The monoisotopic (exact) mass is 555 g/mol. The van der Waals surface area contributed by atoms with Crippen molar-refractivity contribution in [3.05, 3.63) is 52.8 Å². The lowest BCUT2D eigenvalue weighted by atomic mass is 9.65. The third kappa shape index (κ3) is 5.37. The molecule has 1 aliphatic heterocycles. The number of nitriles is 1. The van der Waals surface area contributed by atoms with Crippen LogP contribution in [0.4, 0.5) is 23.8 Å². The maximum Gasteiger partial charge on any atom is 0.416 e. The number of aromatic nitrogens is 4. The number of aryl methyl sites for hydroxylation is 1. The van der Waals surface area contributed by atoms with Crippen molar-refractivity contribution in [2.24, 2.45) is 5.41 Å². The zero-order valence-electron chi connectivity index (χ0n) is 22.9. The van der Waals surface area contributed by atoms with Gasteiger partial charge >= 0.3 is 12.3 Å². The van der Waals surface area contributed by atoms with Gasteiger partial charge in [-0.05, 0) is 70.1 Å². The van der Waals surface area contributed by atoms with E-state index in [4.69, 9.17) is 10.5 Å². The molecule has 1 saturated carbocycles. The molecule has 12 heteroatoms. The number of nitrogens with zero attached hydrogens (tertiary/aromatic N) is 6. The summed E-state index contributed by atoms with van der Waals surface area (Å²) < 4.78 is 48.5. The van der Waals surface area contributed by atoms with Crippen molar-refractivity contribution in [2.75, 3.05) is 18.8 Å². The summed E-state index contributed by atoms with van der Waals surface area (Å²) in [5, 5.41) is 18.8. The van der Waals surface area contributed by atoms with E-state index in [0.717, 1.165) is 31.4 Å². The topological polar surface area (TPSA) is 115 Å². The van der Waals surface area contributed by atoms with E-state index < -0.39 is 17.3 Å². The molecule has 2 aromatic heterocycles. The van der Waals surface area contributed by atoms with Crippen LogP contribution in [0.15, 0.2) is 30.6 Å². The first kappa shape index (κ1) is 27.6. The molecule has 212 valence electrons. The number of likely N-dealkylation sites (tertiary alicyclic amines) is 1. The van der Waals surface area contributed by atoms with Gasteiger partial charge in [0.25, 0.3) is 0 Å². The van der Waals surface area contributed by atoms with E-state index in [0.29, 0.717) is 35.5 Å². The Morgan fingerprint density at radius 2 is 1.98 bits per heavy atom. The molecule has 2 aliphatic rings. The van der Waals surface area contributed by atoms with Crippen molar-refractivity contribution >= 4 is 11.9 Å². The van der Waals surface area contributed by atoms with Crippen molar-refractivity contribution in [1.29, 1.82) is 5.26 Å². The summed E-state index contributed by atoms with van der Waals surface area (Å²) in [7, 11) is 0. The molecule has 1 amide bonds. The normalized spacial score (nSPS) is 20.9. The van der Waals surface area contributed by atoms with E-state index in [2.05, 4.69) is 16.3 Å². The Kier molecular flexibility index (Phi) is 6.59. The minimum Gasteiger partial charge on any atom is -0.444 e. The van der Waals surface area contributed by atoms with Gasteiger partial charge in [0, 0.05) is 24.8 Å². The molecule has 40 heavy (non-hydrogen) atoms. The SMILES string of the molecule is Cc1cc(Cn2cc(-c3nn(C4CC5(CCN(C(=O)OC(C)(C)C)C5)C4)c(N)c3C#N)cn2)cc(C(F)(F)F)c1. The van der Waals surface area contributed by atoms with E-state index in [1.54, 1.807) is 28.8 Å². The fourth-order valence-corrected chi connectivity index (χ4v) is 5.78. The third-order valence-electron chi connectivity index (χ3n) is 7.55. The Bertz CT molecular complexity index is 1490. The van der Waals surface area contributed by atoms with Gasteiger partial charge in [0.2, 0.25) is 0 Å². The fraction of sp³-hybridized carbons (Fsp3) is 0.500. The van der Waals surface area contributed by atoms with Crippen molar-refractivity contribution in [2.45, 2.75) is 71.3 Å². The van der Waals surface area contributed by atoms with Gasteiger partial charge in [-0.15, -0.1) is 0 Å². The first-order valence-corrected chi connectivity index (χ1v) is 13.1. The summed E-state index contributed by atoms with van der Waals surface area (Å²) in [5.74, 6) is 0.264. The van der Waals surface area contributed by atoms with Crippen LogP contribution in [-0.4, -0.2) is 49.2 Å². The van der Waals surface area contributed by atoms with Crippen molar-refractivity contribution < 1.29 is 22.7 Å². The minimum atomic E-state index is -4.44. The summed E-state index contributed by atoms with van der Waals surface area (Å²) in [6.45, 7) is 8.52. The Morgan fingerprint density at radius 3 is 2.62 bits per heavy atom. The van der Waals surface area contributed by atoms with E-state index >= 15 is 0 Å². The van der Waals surface area contributed by atoms with Crippen molar-refractivity contribution in [3.63, 3.8) is 0 Å². The van der Waals surface area contributed by atoms with Crippen LogP contribution in [0.3, 0.4) is 0 Å². The van der Waals surface area contributed by atoms with Crippen LogP contribution in [0.1, 0.15) is 68.3 Å². The smallest absolute Gasteiger partial charge is 0.416 e. The molecule has 0 unspecified atom stereocenters. The second-order valence-corrected chi connectivity index (χ2v) is 12.0. The molecular formula is C28H32F3N7O2. The lowest BCUT2D eigenvalue weighted by Crippen LogP contribution is -2.43. The molecule has 2 N–H and O–H groups in total. The highest BCUT2D eigenvalue weighted by atomic mass is 19.4. The molecule has 1 saturated heterocycles. The Hall–Kier alpha value is -4.01. The number of carbonyl (C=O) groups excluding carboxylic acids is 1. The number of alkyl halides is 3. The van der Waals surface area contributed by atoms with Gasteiger partial charge < -0.3 is 15.4 Å². The Balaban J connectivity index is 1.30. The number of rotatable bonds is 4. The van der Waals surface area contributed by atoms with Gasteiger partial charge in [-0.2, -0.15) is 28.6 Å². The maximum absolute atomic E-state index is 13.2. The van der Waals surface area contributed by atoms with Crippen molar-refractivity contribution in [1.82, 2.24) is 24.5 Å². The molecule has 1 aliphatic carbocycles. The molecule has 0 atom stereocenters. The van der Waals surface area contributed by atoms with E-state index in [1.807, 2.05) is 20.8 Å². The van der Waals surface area contributed by atoms with Crippen LogP contribution in [0.5, 0.6) is 0 Å². The molecule has 0 radical (unpaired) electrons. The molecule has 0 bridgehead atoms. The maximum atomic E-state index is 13.2. The van der Waals surface area contributed by atoms with Crippen LogP contribution in [-0.2, 0) is 17.5 Å². The standard InChI is InChI=1S/C28H32F3N7O2/c1-17-7-18(9-20(8-17)28(29,30)31)14-37-15-19(13-34-37)23-22(12-32)24(33)38(35-23)21-10-27(11-21)5-6-36(16-27)25(39)40-26(2,3)4/h7-9,13,15,21H,5-6,10-11,14,16,33H2,1-4H3. The number of nitrogen functional groups attached to an aromatic ring is 1. The van der Waals surface area contributed by atoms with Crippen LogP contribution in [0, 0.1) is 23.7 Å². The van der Waals surface area contributed by atoms with Gasteiger partial charge in [0.15, 0.2) is 0 Å². The van der Waals surface area contributed by atoms with Gasteiger partial charge in [-0.3, -0.25) is 4.68 Å². The molecule has 5 rings (SSSR count). The highest BCUT2D eigenvalue weighted by Crippen LogP contribution is 2.55. The summed E-state index contributed by atoms with van der Waals surface area (Å²) in [6.07, 6.45) is 0.857. The zero-order valence-corrected chi connectivity index (χ0v) is 22.9. The number of nitrogens with two attached hydrogens (primary N) is 1. The Morgan fingerprint density at radius 1 is 1.25 bits per heavy atom. The fourth-order valence-electron chi connectivity index (χ4n) is 5.78. The lowest BCUT2D eigenvalue weighted by Gasteiger charge is -2.45. The van der Waals surface area contributed by atoms with Gasteiger partial charge in [-0.25, -0.2) is 9.48 Å². The number of anilines is 1. The number of carbonyl (C=O) groups is 1. The van der Waals surface area contributed by atoms with Crippen LogP contribution < -0.4 is 5.73 Å². The summed E-state index contributed by atoms with van der Waals surface area (Å²) in [4.78, 5) is 14.3. The minimum absolute atomic E-state index is 0.0115. The molecule has 3 heterocycles. The van der Waals surface area contributed by atoms with Crippen LogP contribution in [0.2, 0.25) is 0 Å². The average Bonchev–Trinajstić information content (AvgIpc) is 3.53.